The van der Waals surface area contributed by atoms with Crippen LogP contribution in [0.5, 0.6) is 0 Å². The van der Waals surface area contributed by atoms with Crippen LogP contribution >= 0.6 is 23.2 Å². The summed E-state index contributed by atoms with van der Waals surface area (Å²) in [7, 11) is 0. The quantitative estimate of drug-likeness (QED) is 0.819. The molecule has 0 bridgehead atoms. The predicted molar refractivity (Wildman–Crippen MR) is 70.1 cm³/mol. The smallest absolute Gasteiger partial charge is 0.142 e. The maximum atomic E-state index is 13.2. The Bertz CT molecular complexity index is 376. The molecule has 0 aliphatic heterocycles. The SMILES string of the molecule is Fc1cccc(CNC2CCC(Cl)CC2)c1Cl. The molecule has 1 aromatic rings. The Morgan fingerprint density at radius 2 is 1.94 bits per heavy atom. The van der Waals surface area contributed by atoms with E-state index in [2.05, 4.69) is 5.32 Å². The summed E-state index contributed by atoms with van der Waals surface area (Å²) in [5.74, 6) is -0.351. The van der Waals surface area contributed by atoms with Crippen LogP contribution in [0, 0.1) is 5.82 Å². The first-order chi connectivity index (χ1) is 8.16. The van der Waals surface area contributed by atoms with Crippen LogP contribution in [0.2, 0.25) is 5.02 Å². The molecule has 1 saturated carbocycles. The fourth-order valence-electron chi connectivity index (χ4n) is 2.20. The molecule has 0 saturated heterocycles. The van der Waals surface area contributed by atoms with Crippen molar-refractivity contribution in [1.82, 2.24) is 5.32 Å². The van der Waals surface area contributed by atoms with Gasteiger partial charge in [0.15, 0.2) is 0 Å². The number of benzene rings is 1. The van der Waals surface area contributed by atoms with Crippen LogP contribution in [0.1, 0.15) is 31.2 Å². The van der Waals surface area contributed by atoms with Crippen LogP contribution in [0.25, 0.3) is 0 Å². The Morgan fingerprint density at radius 3 is 2.65 bits per heavy atom. The Hall–Kier alpha value is -0.310. The highest BCUT2D eigenvalue weighted by Crippen LogP contribution is 2.24. The number of halogens is 3. The zero-order chi connectivity index (χ0) is 12.3. The van der Waals surface area contributed by atoms with Gasteiger partial charge in [-0.2, -0.15) is 0 Å². The van der Waals surface area contributed by atoms with Crippen molar-refractivity contribution in [2.45, 2.75) is 43.6 Å². The molecule has 1 aliphatic rings. The van der Waals surface area contributed by atoms with Gasteiger partial charge in [0.25, 0.3) is 0 Å². The molecule has 17 heavy (non-hydrogen) atoms. The van der Waals surface area contributed by atoms with E-state index in [0.717, 1.165) is 31.2 Å². The van der Waals surface area contributed by atoms with E-state index in [1.54, 1.807) is 6.07 Å². The summed E-state index contributed by atoms with van der Waals surface area (Å²) < 4.78 is 13.2. The molecule has 1 fully saturated rings. The molecule has 0 radical (unpaired) electrons. The Balaban J connectivity index is 1.87. The van der Waals surface area contributed by atoms with Crippen LogP contribution in [-0.2, 0) is 6.54 Å². The van der Waals surface area contributed by atoms with E-state index >= 15 is 0 Å². The summed E-state index contributed by atoms with van der Waals surface area (Å²) >= 11 is 11.9. The molecule has 2 rings (SSSR count). The second kappa shape index (κ2) is 6.03. The third-order valence-corrected chi connectivity index (χ3v) is 4.13. The van der Waals surface area contributed by atoms with E-state index in [1.165, 1.54) is 6.07 Å². The van der Waals surface area contributed by atoms with E-state index in [4.69, 9.17) is 23.2 Å². The number of hydrogen-bond donors (Lipinski definition) is 1. The highest BCUT2D eigenvalue weighted by molar-refractivity contribution is 6.31. The van der Waals surface area contributed by atoms with E-state index in [-0.39, 0.29) is 10.8 Å². The first-order valence-corrected chi connectivity index (χ1v) is 6.78. The van der Waals surface area contributed by atoms with Gasteiger partial charge in [-0.15, -0.1) is 11.6 Å². The fourth-order valence-corrected chi connectivity index (χ4v) is 2.64. The van der Waals surface area contributed by atoms with Crippen molar-refractivity contribution in [3.63, 3.8) is 0 Å². The molecular weight excluding hydrogens is 260 g/mol. The summed E-state index contributed by atoms with van der Waals surface area (Å²) in [5, 5.41) is 3.97. The minimum atomic E-state index is -0.351. The third-order valence-electron chi connectivity index (χ3n) is 3.27. The lowest BCUT2D eigenvalue weighted by atomic mass is 9.95. The summed E-state index contributed by atoms with van der Waals surface area (Å²) in [6, 6.07) is 5.40. The normalized spacial score (nSPS) is 24.9. The van der Waals surface area contributed by atoms with Gasteiger partial charge in [0.05, 0.1) is 5.02 Å². The maximum absolute atomic E-state index is 13.2. The monoisotopic (exact) mass is 275 g/mol. The summed E-state index contributed by atoms with van der Waals surface area (Å²) in [6.07, 6.45) is 4.27. The minimum Gasteiger partial charge on any atom is -0.310 e. The van der Waals surface area contributed by atoms with Crippen LogP contribution in [0.15, 0.2) is 18.2 Å². The molecule has 0 spiro atoms. The Morgan fingerprint density at radius 1 is 1.24 bits per heavy atom. The molecule has 1 aliphatic carbocycles. The van der Waals surface area contributed by atoms with Crippen molar-refractivity contribution in [2.75, 3.05) is 0 Å². The van der Waals surface area contributed by atoms with E-state index in [1.807, 2.05) is 6.07 Å². The van der Waals surface area contributed by atoms with Crippen LogP contribution in [0.4, 0.5) is 4.39 Å². The van der Waals surface area contributed by atoms with E-state index in [9.17, 15) is 4.39 Å². The fraction of sp³-hybridized carbons (Fsp3) is 0.538. The Labute approximate surface area is 111 Å². The molecule has 0 heterocycles. The lowest BCUT2D eigenvalue weighted by molar-refractivity contribution is 0.376. The van der Waals surface area contributed by atoms with E-state index in [0.29, 0.717) is 18.0 Å². The highest BCUT2D eigenvalue weighted by atomic mass is 35.5. The summed E-state index contributed by atoms with van der Waals surface area (Å²) in [6.45, 7) is 0.619. The second-order valence-electron chi connectivity index (χ2n) is 4.54. The predicted octanol–water partition coefficient (Wildman–Crippen LogP) is 4.12. The van der Waals surface area contributed by atoms with Crippen molar-refractivity contribution >= 4 is 23.2 Å². The zero-order valence-electron chi connectivity index (χ0n) is 9.56. The van der Waals surface area contributed by atoms with Crippen molar-refractivity contribution in [2.24, 2.45) is 0 Å². The van der Waals surface area contributed by atoms with Crippen molar-refractivity contribution in [3.8, 4) is 0 Å². The van der Waals surface area contributed by atoms with Gasteiger partial charge in [-0.25, -0.2) is 4.39 Å². The lowest BCUT2D eigenvalue weighted by Gasteiger charge is -2.26. The van der Waals surface area contributed by atoms with Gasteiger partial charge in [0.2, 0.25) is 0 Å². The average molecular weight is 276 g/mol. The molecule has 94 valence electrons. The molecule has 0 aromatic heterocycles. The molecule has 0 atom stereocenters. The maximum Gasteiger partial charge on any atom is 0.142 e. The van der Waals surface area contributed by atoms with Crippen molar-refractivity contribution in [1.29, 1.82) is 0 Å². The standard InChI is InChI=1S/C13H16Cl2FN/c14-10-4-6-11(7-5-10)17-8-9-2-1-3-12(16)13(9)15/h1-3,10-11,17H,4-8H2. The molecule has 0 unspecified atom stereocenters. The van der Waals surface area contributed by atoms with Gasteiger partial charge >= 0.3 is 0 Å². The van der Waals surface area contributed by atoms with Gasteiger partial charge in [0.1, 0.15) is 5.82 Å². The van der Waals surface area contributed by atoms with Crippen LogP contribution < -0.4 is 5.32 Å². The zero-order valence-corrected chi connectivity index (χ0v) is 11.1. The number of nitrogens with one attached hydrogen (secondary N) is 1. The molecule has 1 N–H and O–H groups in total. The first kappa shape index (κ1) is 13.1. The molecule has 4 heteroatoms. The Kier molecular flexibility index (Phi) is 4.66. The summed E-state index contributed by atoms with van der Waals surface area (Å²) in [4.78, 5) is 0. The largest absolute Gasteiger partial charge is 0.310 e. The molecule has 1 aromatic carbocycles. The van der Waals surface area contributed by atoms with Crippen molar-refractivity contribution in [3.05, 3.63) is 34.6 Å². The first-order valence-electron chi connectivity index (χ1n) is 5.97. The van der Waals surface area contributed by atoms with Crippen molar-refractivity contribution < 1.29 is 4.39 Å². The number of rotatable bonds is 3. The topological polar surface area (TPSA) is 12.0 Å². The molecular formula is C13H16Cl2FN. The lowest BCUT2D eigenvalue weighted by Crippen LogP contribution is -2.33. The van der Waals surface area contributed by atoms with Gasteiger partial charge in [0, 0.05) is 18.0 Å². The van der Waals surface area contributed by atoms with E-state index < -0.39 is 0 Å². The van der Waals surface area contributed by atoms with Gasteiger partial charge in [-0.05, 0) is 37.3 Å². The third kappa shape index (κ3) is 3.57. The molecule has 0 amide bonds. The average Bonchev–Trinajstić information content (AvgIpc) is 2.33. The minimum absolute atomic E-state index is 0.228. The number of alkyl halides is 1. The van der Waals surface area contributed by atoms with Gasteiger partial charge in [-0.1, -0.05) is 23.7 Å². The summed E-state index contributed by atoms with van der Waals surface area (Å²) in [5.41, 5.74) is 0.819. The number of hydrogen-bond acceptors (Lipinski definition) is 1. The van der Waals surface area contributed by atoms with Gasteiger partial charge < -0.3 is 5.32 Å². The second-order valence-corrected chi connectivity index (χ2v) is 5.54. The van der Waals surface area contributed by atoms with Gasteiger partial charge in [-0.3, -0.25) is 0 Å². The van der Waals surface area contributed by atoms with Crippen LogP contribution in [-0.4, -0.2) is 11.4 Å². The van der Waals surface area contributed by atoms with Crippen LogP contribution in [0.3, 0.4) is 0 Å². The highest BCUT2D eigenvalue weighted by Gasteiger charge is 2.19. The molecule has 1 nitrogen and oxygen atoms in total.